The van der Waals surface area contributed by atoms with Crippen LogP contribution in [0.1, 0.15) is 34.5 Å². The molecule has 4 rings (SSSR count). The van der Waals surface area contributed by atoms with Gasteiger partial charge in [0.25, 0.3) is 0 Å². The molecule has 7 heteroatoms. The number of carbonyl (C=O) groups excluding carboxylic acids is 2. The predicted octanol–water partition coefficient (Wildman–Crippen LogP) is 2.82. The molecule has 2 heterocycles. The van der Waals surface area contributed by atoms with Crippen molar-refractivity contribution in [1.82, 2.24) is 9.80 Å². The molecule has 1 saturated carbocycles. The van der Waals surface area contributed by atoms with Gasteiger partial charge in [-0.25, -0.2) is 0 Å². The van der Waals surface area contributed by atoms with E-state index in [4.69, 9.17) is 10.5 Å². The molecule has 1 atom stereocenters. The van der Waals surface area contributed by atoms with E-state index in [0.717, 1.165) is 68.2 Å². The molecule has 166 valence electrons. The molecule has 31 heavy (non-hydrogen) atoms. The van der Waals surface area contributed by atoms with Gasteiger partial charge in [0.15, 0.2) is 5.78 Å². The Morgan fingerprint density at radius 3 is 2.48 bits per heavy atom. The summed E-state index contributed by atoms with van der Waals surface area (Å²) >= 11 is 1.64. The Morgan fingerprint density at radius 2 is 1.84 bits per heavy atom. The lowest BCUT2D eigenvalue weighted by atomic mass is 10.1. The summed E-state index contributed by atoms with van der Waals surface area (Å²) in [6.45, 7) is 4.79. The maximum absolute atomic E-state index is 12.6. The molecule has 2 aromatic rings. The van der Waals surface area contributed by atoms with Gasteiger partial charge in [-0.15, -0.1) is 11.3 Å². The first-order chi connectivity index (χ1) is 15.1. The third kappa shape index (κ3) is 6.15. The first-order valence-electron chi connectivity index (χ1n) is 11.2. The van der Waals surface area contributed by atoms with Gasteiger partial charge in [0.2, 0.25) is 5.91 Å². The van der Waals surface area contributed by atoms with Crippen LogP contribution < -0.4 is 10.5 Å². The minimum absolute atomic E-state index is 0.0556. The van der Waals surface area contributed by atoms with Gasteiger partial charge in [0.1, 0.15) is 5.75 Å². The van der Waals surface area contributed by atoms with Gasteiger partial charge in [-0.3, -0.25) is 14.5 Å². The lowest BCUT2D eigenvalue weighted by molar-refractivity contribution is -0.134. The second kappa shape index (κ2) is 10.4. The largest absolute Gasteiger partial charge is 0.494 e. The fourth-order valence-electron chi connectivity index (χ4n) is 3.93. The summed E-state index contributed by atoms with van der Waals surface area (Å²) in [7, 11) is 0. The maximum atomic E-state index is 12.6. The van der Waals surface area contributed by atoms with Gasteiger partial charge >= 0.3 is 0 Å². The Balaban J connectivity index is 1.11. The van der Waals surface area contributed by atoms with Crippen molar-refractivity contribution in [3.63, 3.8) is 0 Å². The van der Waals surface area contributed by atoms with Crippen LogP contribution in [0.2, 0.25) is 0 Å². The molecule has 0 unspecified atom stereocenters. The number of carbonyl (C=O) groups is 2. The average molecular weight is 442 g/mol. The highest BCUT2D eigenvalue weighted by molar-refractivity contribution is 7.09. The molecule has 1 amide bonds. The topological polar surface area (TPSA) is 75.9 Å². The van der Waals surface area contributed by atoms with Gasteiger partial charge in [0.05, 0.1) is 12.6 Å². The zero-order valence-electron chi connectivity index (χ0n) is 17.9. The Bertz CT molecular complexity index is 857. The van der Waals surface area contributed by atoms with Crippen molar-refractivity contribution in [1.29, 1.82) is 0 Å². The molecule has 2 fully saturated rings. The van der Waals surface area contributed by atoms with Crippen molar-refractivity contribution < 1.29 is 14.3 Å². The van der Waals surface area contributed by atoms with E-state index in [9.17, 15) is 9.59 Å². The lowest BCUT2D eigenvalue weighted by Gasteiger charge is -2.35. The molecule has 0 bridgehead atoms. The molecule has 0 spiro atoms. The van der Waals surface area contributed by atoms with Crippen LogP contribution in [-0.2, 0) is 11.2 Å². The molecule has 2 aliphatic rings. The summed E-state index contributed by atoms with van der Waals surface area (Å²) in [5.74, 6) is 1.37. The van der Waals surface area contributed by atoms with Gasteiger partial charge in [-0.2, -0.15) is 0 Å². The highest BCUT2D eigenvalue weighted by Gasteiger charge is 2.30. The van der Waals surface area contributed by atoms with Gasteiger partial charge in [-0.1, -0.05) is 6.07 Å². The fourth-order valence-corrected chi connectivity index (χ4v) is 4.70. The number of nitrogens with zero attached hydrogens (tertiary/aromatic N) is 2. The summed E-state index contributed by atoms with van der Waals surface area (Å²) in [6.07, 6.45) is 3.60. The Kier molecular flexibility index (Phi) is 7.37. The van der Waals surface area contributed by atoms with Crippen LogP contribution in [0.3, 0.4) is 0 Å². The molecule has 1 aliphatic heterocycles. The second-order valence-corrected chi connectivity index (χ2v) is 9.45. The standard InChI is InChI=1S/C24H31N3O3S/c25-22(17-21-3-1-16-31-21)24(29)27-13-11-26(12-14-27)10-2-15-30-20-8-6-19(7-9-20)23(28)18-4-5-18/h1,3,6-9,16,18,22H,2,4-5,10-15,17,25H2/t22-/m1/s1. The number of amides is 1. The smallest absolute Gasteiger partial charge is 0.239 e. The lowest BCUT2D eigenvalue weighted by Crippen LogP contribution is -2.53. The van der Waals surface area contributed by atoms with Crippen molar-refractivity contribution in [2.45, 2.75) is 31.7 Å². The van der Waals surface area contributed by atoms with Crippen LogP contribution in [0.4, 0.5) is 0 Å². The summed E-state index contributed by atoms with van der Waals surface area (Å²) in [4.78, 5) is 30.1. The van der Waals surface area contributed by atoms with Crippen LogP contribution in [0, 0.1) is 5.92 Å². The predicted molar refractivity (Wildman–Crippen MR) is 123 cm³/mol. The second-order valence-electron chi connectivity index (χ2n) is 8.42. The molecule has 1 aromatic carbocycles. The number of nitrogens with two attached hydrogens (primary N) is 1. The number of thiophene rings is 1. The van der Waals surface area contributed by atoms with Crippen LogP contribution >= 0.6 is 11.3 Å². The Labute approximate surface area is 188 Å². The molecule has 1 aliphatic carbocycles. The number of hydrogen-bond donors (Lipinski definition) is 1. The van der Waals surface area contributed by atoms with Gasteiger partial charge < -0.3 is 15.4 Å². The minimum atomic E-state index is -0.454. The number of ketones is 1. The molecular weight excluding hydrogens is 410 g/mol. The zero-order chi connectivity index (χ0) is 21.6. The molecule has 1 saturated heterocycles. The normalized spacial score (nSPS) is 18.0. The Hall–Kier alpha value is -2.22. The third-order valence-corrected chi connectivity index (χ3v) is 6.88. The van der Waals surface area contributed by atoms with Crippen molar-refractivity contribution in [3.8, 4) is 5.75 Å². The van der Waals surface area contributed by atoms with Gasteiger partial charge in [-0.05, 0) is 55.0 Å². The molecule has 2 N–H and O–H groups in total. The summed E-state index contributed by atoms with van der Waals surface area (Å²) in [5, 5.41) is 2.01. The Morgan fingerprint density at radius 1 is 1.10 bits per heavy atom. The van der Waals surface area contributed by atoms with E-state index < -0.39 is 6.04 Å². The summed E-state index contributed by atoms with van der Waals surface area (Å²) in [6, 6.07) is 11.1. The molecular formula is C24H31N3O3S. The fraction of sp³-hybridized carbons (Fsp3) is 0.500. The van der Waals surface area contributed by atoms with E-state index in [0.29, 0.717) is 13.0 Å². The first kappa shape index (κ1) is 22.0. The number of hydrogen-bond acceptors (Lipinski definition) is 6. The van der Waals surface area contributed by atoms with Crippen molar-refractivity contribution in [2.24, 2.45) is 11.7 Å². The number of ether oxygens (including phenoxy) is 1. The number of rotatable bonds is 10. The number of Topliss-reactive ketones (excluding diaryl/α,β-unsaturated/α-hetero) is 1. The third-order valence-electron chi connectivity index (χ3n) is 5.98. The monoisotopic (exact) mass is 441 g/mol. The highest BCUT2D eigenvalue weighted by atomic mass is 32.1. The van der Waals surface area contributed by atoms with Crippen LogP contribution in [0.15, 0.2) is 41.8 Å². The molecule has 0 radical (unpaired) electrons. The molecule has 6 nitrogen and oxygen atoms in total. The first-order valence-corrected chi connectivity index (χ1v) is 12.0. The van der Waals surface area contributed by atoms with Crippen LogP contribution in [-0.4, -0.2) is 66.9 Å². The van der Waals surface area contributed by atoms with E-state index in [2.05, 4.69) is 4.90 Å². The quantitative estimate of drug-likeness (QED) is 0.453. The van der Waals surface area contributed by atoms with E-state index in [-0.39, 0.29) is 17.6 Å². The number of piperazine rings is 1. The summed E-state index contributed by atoms with van der Waals surface area (Å²) < 4.78 is 5.83. The van der Waals surface area contributed by atoms with Crippen molar-refractivity contribution in [3.05, 3.63) is 52.2 Å². The van der Waals surface area contributed by atoms with Crippen molar-refractivity contribution >= 4 is 23.0 Å². The summed E-state index contributed by atoms with van der Waals surface area (Å²) in [5.41, 5.74) is 6.93. The zero-order valence-corrected chi connectivity index (χ0v) is 18.7. The van der Waals surface area contributed by atoms with Crippen LogP contribution in [0.5, 0.6) is 5.75 Å². The maximum Gasteiger partial charge on any atom is 0.239 e. The SMILES string of the molecule is N[C@H](Cc1cccs1)C(=O)N1CCN(CCCOc2ccc(C(=O)C3CC3)cc2)CC1. The average Bonchev–Trinajstić information content (AvgIpc) is 3.53. The van der Waals surface area contributed by atoms with E-state index in [1.54, 1.807) is 11.3 Å². The van der Waals surface area contributed by atoms with Crippen molar-refractivity contribution in [2.75, 3.05) is 39.3 Å². The molecule has 1 aromatic heterocycles. The highest BCUT2D eigenvalue weighted by Crippen LogP contribution is 2.32. The minimum Gasteiger partial charge on any atom is -0.494 e. The van der Waals surface area contributed by atoms with E-state index >= 15 is 0 Å². The van der Waals surface area contributed by atoms with Crippen LogP contribution in [0.25, 0.3) is 0 Å². The van der Waals surface area contributed by atoms with E-state index in [1.165, 1.54) is 0 Å². The van der Waals surface area contributed by atoms with Gasteiger partial charge in [0, 0.05) is 55.5 Å². The van der Waals surface area contributed by atoms with E-state index in [1.807, 2.05) is 46.7 Å². The number of benzene rings is 1.